The fourth-order valence-corrected chi connectivity index (χ4v) is 2.61. The number of allylic oxidation sites excluding steroid dienone is 1. The number of nitrogens with two attached hydrogens (primary N) is 1. The minimum atomic E-state index is 0.219. The van der Waals surface area contributed by atoms with Gasteiger partial charge in [0.2, 0.25) is 0 Å². The van der Waals surface area contributed by atoms with E-state index in [0.717, 1.165) is 13.0 Å². The minimum Gasteiger partial charge on any atom is -0.376 e. The molecule has 0 aromatic heterocycles. The summed E-state index contributed by atoms with van der Waals surface area (Å²) < 4.78 is 5.69. The Bertz CT molecular complexity index is 224. The largest absolute Gasteiger partial charge is 0.376 e. The Balaban J connectivity index is 1.85. The van der Waals surface area contributed by atoms with Gasteiger partial charge in [-0.15, -0.1) is 0 Å². The summed E-state index contributed by atoms with van der Waals surface area (Å²) in [5.41, 5.74) is 7.74. The summed E-state index contributed by atoms with van der Waals surface area (Å²) in [6.45, 7) is 3.15. The van der Waals surface area contributed by atoms with Gasteiger partial charge in [-0.1, -0.05) is 18.6 Å². The van der Waals surface area contributed by atoms with Crippen molar-refractivity contribution in [2.75, 3.05) is 6.61 Å². The van der Waals surface area contributed by atoms with Crippen molar-refractivity contribution in [2.24, 2.45) is 11.7 Å². The van der Waals surface area contributed by atoms with Gasteiger partial charge in [-0.2, -0.15) is 0 Å². The molecule has 0 radical (unpaired) electrons. The van der Waals surface area contributed by atoms with E-state index < -0.39 is 0 Å². The second-order valence-corrected chi connectivity index (χ2v) is 4.72. The average Bonchev–Trinajstić information content (AvgIpc) is 2.75. The van der Waals surface area contributed by atoms with Crippen LogP contribution in [0.25, 0.3) is 0 Å². The van der Waals surface area contributed by atoms with Crippen molar-refractivity contribution >= 4 is 0 Å². The van der Waals surface area contributed by atoms with Crippen LogP contribution in [0.4, 0.5) is 0 Å². The van der Waals surface area contributed by atoms with E-state index >= 15 is 0 Å². The molecule has 2 N–H and O–H groups in total. The van der Waals surface area contributed by atoms with E-state index in [1.165, 1.54) is 25.7 Å². The van der Waals surface area contributed by atoms with E-state index in [-0.39, 0.29) is 6.04 Å². The molecule has 1 fully saturated rings. The second-order valence-electron chi connectivity index (χ2n) is 4.72. The Kier molecular flexibility index (Phi) is 3.24. The van der Waals surface area contributed by atoms with Crippen molar-refractivity contribution in [3.63, 3.8) is 0 Å². The first-order valence-electron chi connectivity index (χ1n) is 5.82. The quantitative estimate of drug-likeness (QED) is 0.701. The van der Waals surface area contributed by atoms with Crippen molar-refractivity contribution in [3.8, 4) is 0 Å². The fourth-order valence-electron chi connectivity index (χ4n) is 2.61. The fraction of sp³-hybridized carbons (Fsp3) is 0.833. The van der Waals surface area contributed by atoms with Gasteiger partial charge < -0.3 is 10.5 Å². The molecule has 0 bridgehead atoms. The van der Waals surface area contributed by atoms with Gasteiger partial charge in [0.25, 0.3) is 0 Å². The van der Waals surface area contributed by atoms with E-state index in [4.69, 9.17) is 10.5 Å². The van der Waals surface area contributed by atoms with E-state index in [1.54, 1.807) is 5.57 Å². The topological polar surface area (TPSA) is 35.2 Å². The van der Waals surface area contributed by atoms with E-state index in [2.05, 4.69) is 13.0 Å². The molecule has 0 aromatic carbocycles. The molecule has 0 aromatic rings. The van der Waals surface area contributed by atoms with Crippen LogP contribution in [0.1, 0.15) is 39.0 Å². The van der Waals surface area contributed by atoms with Crippen LogP contribution in [-0.4, -0.2) is 18.8 Å². The normalized spacial score (nSPS) is 34.6. The smallest absolute Gasteiger partial charge is 0.0755 e. The molecular weight excluding hydrogens is 174 g/mol. The van der Waals surface area contributed by atoms with Gasteiger partial charge in [-0.25, -0.2) is 0 Å². The molecule has 3 unspecified atom stereocenters. The molecule has 1 aliphatic heterocycles. The maximum absolute atomic E-state index is 6.18. The van der Waals surface area contributed by atoms with Gasteiger partial charge >= 0.3 is 0 Å². The molecule has 1 saturated heterocycles. The second kappa shape index (κ2) is 4.45. The zero-order valence-corrected chi connectivity index (χ0v) is 9.04. The summed E-state index contributed by atoms with van der Waals surface area (Å²) in [5.74, 6) is 0.645. The van der Waals surface area contributed by atoms with Crippen LogP contribution in [-0.2, 0) is 4.74 Å². The predicted molar refractivity (Wildman–Crippen MR) is 58.0 cm³/mol. The van der Waals surface area contributed by atoms with E-state index in [1.807, 2.05) is 0 Å². The van der Waals surface area contributed by atoms with Gasteiger partial charge in [-0.05, 0) is 38.0 Å². The third-order valence-electron chi connectivity index (χ3n) is 3.50. The third kappa shape index (κ3) is 2.18. The highest BCUT2D eigenvalue weighted by Gasteiger charge is 2.30. The first-order valence-corrected chi connectivity index (χ1v) is 5.82. The summed E-state index contributed by atoms with van der Waals surface area (Å²) in [7, 11) is 0. The van der Waals surface area contributed by atoms with Crippen LogP contribution in [0.2, 0.25) is 0 Å². The molecule has 2 heteroatoms. The first kappa shape index (κ1) is 10.2. The monoisotopic (exact) mass is 195 g/mol. The van der Waals surface area contributed by atoms with Crippen molar-refractivity contribution in [2.45, 2.75) is 51.2 Å². The highest BCUT2D eigenvalue weighted by atomic mass is 16.5. The molecule has 1 heterocycles. The average molecular weight is 195 g/mol. The van der Waals surface area contributed by atoms with Gasteiger partial charge in [0.05, 0.1) is 6.10 Å². The molecule has 0 saturated carbocycles. The van der Waals surface area contributed by atoms with Crippen LogP contribution in [0.15, 0.2) is 11.6 Å². The Morgan fingerprint density at radius 2 is 2.50 bits per heavy atom. The molecular formula is C12H21NO. The van der Waals surface area contributed by atoms with Gasteiger partial charge in [0, 0.05) is 12.6 Å². The predicted octanol–water partition coefficient (Wildman–Crippen LogP) is 2.24. The minimum absolute atomic E-state index is 0.219. The molecule has 2 rings (SSSR count). The van der Waals surface area contributed by atoms with Gasteiger partial charge in [-0.3, -0.25) is 0 Å². The van der Waals surface area contributed by atoms with Gasteiger partial charge in [0.1, 0.15) is 0 Å². The Labute approximate surface area is 86.5 Å². The maximum atomic E-state index is 6.18. The summed E-state index contributed by atoms with van der Waals surface area (Å²) in [5, 5.41) is 0. The molecule has 0 amide bonds. The van der Waals surface area contributed by atoms with Crippen molar-refractivity contribution in [1.29, 1.82) is 0 Å². The molecule has 3 atom stereocenters. The summed E-state index contributed by atoms with van der Waals surface area (Å²) in [6.07, 6.45) is 8.73. The molecule has 80 valence electrons. The summed E-state index contributed by atoms with van der Waals surface area (Å²) in [6, 6.07) is 0.219. The SMILES string of the molecule is CC1CCOC1C(N)CC1=CCCC1. The lowest BCUT2D eigenvalue weighted by Gasteiger charge is -2.22. The van der Waals surface area contributed by atoms with Crippen LogP contribution >= 0.6 is 0 Å². The van der Waals surface area contributed by atoms with Crippen molar-refractivity contribution < 1.29 is 4.74 Å². The zero-order chi connectivity index (χ0) is 9.97. The zero-order valence-electron chi connectivity index (χ0n) is 9.04. The first-order chi connectivity index (χ1) is 6.77. The number of rotatable bonds is 3. The number of hydrogen-bond donors (Lipinski definition) is 1. The lowest BCUT2D eigenvalue weighted by Crippen LogP contribution is -2.37. The van der Waals surface area contributed by atoms with E-state index in [0.29, 0.717) is 12.0 Å². The Morgan fingerprint density at radius 1 is 1.64 bits per heavy atom. The lowest BCUT2D eigenvalue weighted by molar-refractivity contribution is 0.0725. The highest BCUT2D eigenvalue weighted by Crippen LogP contribution is 2.28. The Morgan fingerprint density at radius 3 is 3.07 bits per heavy atom. The van der Waals surface area contributed by atoms with Crippen LogP contribution in [0.3, 0.4) is 0 Å². The molecule has 1 aliphatic carbocycles. The molecule has 2 nitrogen and oxygen atoms in total. The van der Waals surface area contributed by atoms with Crippen LogP contribution in [0, 0.1) is 5.92 Å². The standard InChI is InChI=1S/C12H21NO/c1-9-6-7-14-12(9)11(13)8-10-4-2-3-5-10/h4,9,11-12H,2-3,5-8,13H2,1H3. The third-order valence-corrected chi connectivity index (χ3v) is 3.50. The molecule has 0 spiro atoms. The molecule has 2 aliphatic rings. The molecule has 14 heavy (non-hydrogen) atoms. The number of ether oxygens (including phenoxy) is 1. The Hall–Kier alpha value is -0.340. The van der Waals surface area contributed by atoms with Crippen LogP contribution in [0.5, 0.6) is 0 Å². The lowest BCUT2D eigenvalue weighted by atomic mass is 9.93. The number of hydrogen-bond acceptors (Lipinski definition) is 2. The maximum Gasteiger partial charge on any atom is 0.0755 e. The summed E-state index contributed by atoms with van der Waals surface area (Å²) >= 11 is 0. The van der Waals surface area contributed by atoms with E-state index in [9.17, 15) is 0 Å². The van der Waals surface area contributed by atoms with Crippen molar-refractivity contribution in [3.05, 3.63) is 11.6 Å². The van der Waals surface area contributed by atoms with Gasteiger partial charge in [0.15, 0.2) is 0 Å². The highest BCUT2D eigenvalue weighted by molar-refractivity contribution is 5.10. The van der Waals surface area contributed by atoms with Crippen molar-refractivity contribution in [1.82, 2.24) is 0 Å². The van der Waals surface area contributed by atoms with Crippen LogP contribution < -0.4 is 5.73 Å². The summed E-state index contributed by atoms with van der Waals surface area (Å²) in [4.78, 5) is 0.